The number of amides is 1. The Morgan fingerprint density at radius 1 is 1.24 bits per heavy atom. The monoisotopic (exact) mass is 430 g/mol. The number of halogens is 3. The molecule has 7 nitrogen and oxygen atoms in total. The summed E-state index contributed by atoms with van der Waals surface area (Å²) in [6.07, 6.45) is 0.743. The Morgan fingerprint density at radius 3 is 2.55 bits per heavy atom. The van der Waals surface area contributed by atoms with Crippen molar-refractivity contribution in [2.45, 2.75) is 49.7 Å². The molecule has 29 heavy (non-hydrogen) atoms. The van der Waals surface area contributed by atoms with Crippen LogP contribution in [0.4, 0.5) is 18.9 Å². The Morgan fingerprint density at radius 2 is 1.93 bits per heavy atom. The van der Waals surface area contributed by atoms with Crippen molar-refractivity contribution in [2.24, 2.45) is 11.1 Å². The molecule has 1 aliphatic rings. The second kappa shape index (κ2) is 8.15. The Bertz CT molecular complexity index is 996. The van der Waals surface area contributed by atoms with Crippen LogP contribution in [0.3, 0.4) is 0 Å². The highest BCUT2D eigenvalue weighted by Gasteiger charge is 2.39. The first-order valence-electron chi connectivity index (χ1n) is 9.13. The maximum Gasteiger partial charge on any atom is 0.420 e. The number of benzene rings is 1. The first-order chi connectivity index (χ1) is 13.6. The van der Waals surface area contributed by atoms with Gasteiger partial charge in [0.15, 0.2) is 0 Å². The van der Waals surface area contributed by atoms with Crippen LogP contribution in [-0.2, 0) is 22.7 Å². The molecule has 0 saturated heterocycles. The van der Waals surface area contributed by atoms with Crippen molar-refractivity contribution in [1.82, 2.24) is 9.78 Å². The molecule has 158 valence electrons. The minimum absolute atomic E-state index is 0.0139. The Labute approximate surface area is 166 Å². The molecule has 0 radical (unpaired) electrons. The number of hydrogen-bond donors (Lipinski definition) is 2. The number of rotatable bonds is 5. The van der Waals surface area contributed by atoms with Crippen LogP contribution < -0.4 is 10.5 Å². The highest BCUT2D eigenvalue weighted by molar-refractivity contribution is 7.89. The third-order valence-electron chi connectivity index (χ3n) is 4.94. The van der Waals surface area contributed by atoms with Gasteiger partial charge >= 0.3 is 6.18 Å². The fourth-order valence-corrected chi connectivity index (χ4v) is 4.09. The van der Waals surface area contributed by atoms with Gasteiger partial charge in [-0.2, -0.15) is 18.3 Å². The predicted molar refractivity (Wildman–Crippen MR) is 99.6 cm³/mol. The standard InChI is InChI=1S/C18H21F3N4O3S/c19-18(20,21)15-10-23-25(11-12-5-2-1-3-6-12)16(15)17(26)24-13-7-4-8-14(9-13)29(22,27)28/h4,7-10,12H,1-3,5-6,11H2,(H,24,26)(H2,22,27,28). The van der Waals surface area contributed by atoms with Crippen LogP contribution in [0.25, 0.3) is 0 Å². The molecule has 2 aromatic rings. The van der Waals surface area contributed by atoms with Crippen LogP contribution in [0.5, 0.6) is 0 Å². The third kappa shape index (κ3) is 5.15. The van der Waals surface area contributed by atoms with Crippen LogP contribution in [0.2, 0.25) is 0 Å². The van der Waals surface area contributed by atoms with Crippen LogP contribution in [-0.4, -0.2) is 24.1 Å². The van der Waals surface area contributed by atoms with E-state index >= 15 is 0 Å². The number of nitrogens with one attached hydrogen (secondary N) is 1. The zero-order valence-electron chi connectivity index (χ0n) is 15.4. The lowest BCUT2D eigenvalue weighted by molar-refractivity contribution is -0.138. The van der Waals surface area contributed by atoms with E-state index in [9.17, 15) is 26.4 Å². The van der Waals surface area contributed by atoms with Crippen molar-refractivity contribution in [3.8, 4) is 0 Å². The van der Waals surface area contributed by atoms with E-state index in [1.807, 2.05) is 0 Å². The molecule has 11 heteroatoms. The lowest BCUT2D eigenvalue weighted by Gasteiger charge is -2.22. The summed E-state index contributed by atoms with van der Waals surface area (Å²) in [5.41, 5.74) is -1.71. The van der Waals surface area contributed by atoms with E-state index in [0.717, 1.165) is 42.9 Å². The van der Waals surface area contributed by atoms with Crippen LogP contribution in [0.1, 0.15) is 48.2 Å². The molecule has 3 rings (SSSR count). The smallest absolute Gasteiger partial charge is 0.321 e. The maximum atomic E-state index is 13.4. The van der Waals surface area contributed by atoms with Crippen molar-refractivity contribution < 1.29 is 26.4 Å². The van der Waals surface area contributed by atoms with Crippen molar-refractivity contribution in [3.05, 3.63) is 41.7 Å². The van der Waals surface area contributed by atoms with Crippen molar-refractivity contribution in [2.75, 3.05) is 5.32 Å². The van der Waals surface area contributed by atoms with Gasteiger partial charge < -0.3 is 5.32 Å². The molecule has 1 heterocycles. The number of primary sulfonamides is 1. The van der Waals surface area contributed by atoms with E-state index in [1.54, 1.807) is 0 Å². The minimum Gasteiger partial charge on any atom is -0.321 e. The number of nitrogens with two attached hydrogens (primary N) is 1. The highest BCUT2D eigenvalue weighted by Crippen LogP contribution is 2.33. The largest absolute Gasteiger partial charge is 0.420 e. The van der Waals surface area contributed by atoms with Gasteiger partial charge in [0.05, 0.1) is 11.1 Å². The number of sulfonamides is 1. The predicted octanol–water partition coefficient (Wildman–Crippen LogP) is 3.38. The van der Waals surface area contributed by atoms with Crippen molar-refractivity contribution >= 4 is 21.6 Å². The first kappa shape index (κ1) is 21.3. The fraction of sp³-hybridized carbons (Fsp3) is 0.444. The van der Waals surface area contributed by atoms with Gasteiger partial charge in [-0.1, -0.05) is 25.3 Å². The van der Waals surface area contributed by atoms with Gasteiger partial charge in [0.2, 0.25) is 10.0 Å². The fourth-order valence-electron chi connectivity index (χ4n) is 3.53. The van der Waals surface area contributed by atoms with E-state index in [0.29, 0.717) is 6.20 Å². The summed E-state index contributed by atoms with van der Waals surface area (Å²) < 4.78 is 64.3. The van der Waals surface area contributed by atoms with Gasteiger partial charge in [0.1, 0.15) is 11.3 Å². The normalized spacial score (nSPS) is 16.0. The van der Waals surface area contributed by atoms with E-state index in [2.05, 4.69) is 10.4 Å². The molecule has 0 atom stereocenters. The summed E-state index contributed by atoms with van der Waals surface area (Å²) in [6, 6.07) is 5.00. The summed E-state index contributed by atoms with van der Waals surface area (Å²) in [7, 11) is -4.02. The highest BCUT2D eigenvalue weighted by atomic mass is 32.2. The zero-order valence-corrected chi connectivity index (χ0v) is 16.3. The van der Waals surface area contributed by atoms with Crippen LogP contribution in [0.15, 0.2) is 35.4 Å². The summed E-state index contributed by atoms with van der Waals surface area (Å²) in [6.45, 7) is 0.218. The van der Waals surface area contributed by atoms with Gasteiger partial charge in [0, 0.05) is 12.2 Å². The lowest BCUT2D eigenvalue weighted by atomic mass is 9.89. The van der Waals surface area contributed by atoms with Crippen LogP contribution >= 0.6 is 0 Å². The Kier molecular flexibility index (Phi) is 5.99. The Hall–Kier alpha value is -2.40. The minimum atomic E-state index is -4.75. The molecule has 1 amide bonds. The number of carbonyl (C=O) groups excluding carboxylic acids is 1. The second-order valence-electron chi connectivity index (χ2n) is 7.12. The number of aromatic nitrogens is 2. The number of nitrogens with zero attached hydrogens (tertiary/aromatic N) is 2. The quantitative estimate of drug-likeness (QED) is 0.758. The van der Waals surface area contributed by atoms with E-state index in [-0.39, 0.29) is 23.0 Å². The molecule has 0 aliphatic heterocycles. The average Bonchev–Trinajstić information content (AvgIpc) is 3.06. The second-order valence-corrected chi connectivity index (χ2v) is 8.68. The summed E-state index contributed by atoms with van der Waals surface area (Å²) in [4.78, 5) is 12.5. The maximum absolute atomic E-state index is 13.4. The molecule has 1 aromatic heterocycles. The Balaban J connectivity index is 1.91. The van der Waals surface area contributed by atoms with Gasteiger partial charge in [-0.15, -0.1) is 0 Å². The van der Waals surface area contributed by atoms with Crippen molar-refractivity contribution in [3.63, 3.8) is 0 Å². The third-order valence-corrected chi connectivity index (χ3v) is 5.85. The molecular weight excluding hydrogens is 409 g/mol. The summed E-state index contributed by atoms with van der Waals surface area (Å²) >= 11 is 0. The van der Waals surface area contributed by atoms with Crippen molar-refractivity contribution in [1.29, 1.82) is 0 Å². The molecular formula is C18H21F3N4O3S. The zero-order chi connectivity index (χ0) is 21.2. The molecule has 1 aromatic carbocycles. The van der Waals surface area contributed by atoms with E-state index < -0.39 is 33.4 Å². The topological polar surface area (TPSA) is 107 Å². The van der Waals surface area contributed by atoms with Crippen LogP contribution in [0, 0.1) is 5.92 Å². The molecule has 0 unspecified atom stereocenters. The summed E-state index contributed by atoms with van der Waals surface area (Å²) in [5.74, 6) is -0.862. The van der Waals surface area contributed by atoms with Gasteiger partial charge in [-0.05, 0) is 37.0 Å². The molecule has 0 bridgehead atoms. The van der Waals surface area contributed by atoms with Gasteiger partial charge in [-0.3, -0.25) is 9.48 Å². The summed E-state index contributed by atoms with van der Waals surface area (Å²) in [5, 5.41) is 11.2. The van der Waals surface area contributed by atoms with E-state index in [4.69, 9.17) is 5.14 Å². The number of alkyl halides is 3. The van der Waals surface area contributed by atoms with E-state index in [1.165, 1.54) is 18.2 Å². The molecule has 1 aliphatic carbocycles. The van der Waals surface area contributed by atoms with Gasteiger partial charge in [-0.25, -0.2) is 13.6 Å². The number of carbonyl (C=O) groups is 1. The SMILES string of the molecule is NS(=O)(=O)c1cccc(NC(=O)c2c(C(F)(F)F)cnn2CC2CCCCC2)c1. The number of anilines is 1. The lowest BCUT2D eigenvalue weighted by Crippen LogP contribution is -2.25. The molecule has 1 saturated carbocycles. The first-order valence-corrected chi connectivity index (χ1v) is 10.7. The van der Waals surface area contributed by atoms with Gasteiger partial charge in [0.25, 0.3) is 5.91 Å². The molecule has 3 N–H and O–H groups in total. The number of hydrogen-bond acceptors (Lipinski definition) is 4. The molecule has 0 spiro atoms. The average molecular weight is 430 g/mol. The molecule has 1 fully saturated rings.